The number of nitrogens with one attached hydrogen (secondary N) is 1. The summed E-state index contributed by atoms with van der Waals surface area (Å²) >= 11 is 0. The molecule has 0 bridgehead atoms. The molecule has 0 fully saturated rings. The minimum absolute atomic E-state index is 0.0144. The molecule has 0 aliphatic rings. The SMILES string of the molecule is C[C@@H](CC#N)[C@@H](NC(=O)c1cccc(F)c1F)C(N)=O. The molecule has 0 unspecified atom stereocenters. The minimum atomic E-state index is -1.30. The molecule has 20 heavy (non-hydrogen) atoms. The molecule has 0 aliphatic heterocycles. The molecule has 5 nitrogen and oxygen atoms in total. The summed E-state index contributed by atoms with van der Waals surface area (Å²) in [5.74, 6) is -4.83. The van der Waals surface area contributed by atoms with Gasteiger partial charge in [0.25, 0.3) is 5.91 Å². The normalized spacial score (nSPS) is 13.1. The summed E-state index contributed by atoms with van der Waals surface area (Å²) in [6.07, 6.45) is -0.0144. The topological polar surface area (TPSA) is 96.0 Å². The van der Waals surface area contributed by atoms with E-state index in [1.54, 1.807) is 6.92 Å². The van der Waals surface area contributed by atoms with Crippen LogP contribution in [0.3, 0.4) is 0 Å². The van der Waals surface area contributed by atoms with Gasteiger partial charge < -0.3 is 11.1 Å². The Hall–Kier alpha value is -2.49. The lowest BCUT2D eigenvalue weighted by Gasteiger charge is -2.20. The van der Waals surface area contributed by atoms with E-state index in [2.05, 4.69) is 5.32 Å². The number of amides is 2. The van der Waals surface area contributed by atoms with Crippen LogP contribution in [-0.2, 0) is 4.79 Å². The average molecular weight is 281 g/mol. The predicted octanol–water partition coefficient (Wildman–Crippen LogP) is 1.10. The maximum atomic E-state index is 13.4. The van der Waals surface area contributed by atoms with Crippen LogP contribution in [0, 0.1) is 28.9 Å². The number of nitrogens with two attached hydrogens (primary N) is 1. The number of nitriles is 1. The Morgan fingerprint density at radius 3 is 2.65 bits per heavy atom. The molecule has 0 aliphatic carbocycles. The molecule has 3 N–H and O–H groups in total. The van der Waals surface area contributed by atoms with E-state index in [-0.39, 0.29) is 6.42 Å². The molecule has 2 atom stereocenters. The van der Waals surface area contributed by atoms with Gasteiger partial charge in [-0.2, -0.15) is 5.26 Å². The van der Waals surface area contributed by atoms with Crippen molar-refractivity contribution in [3.63, 3.8) is 0 Å². The second-order valence-electron chi connectivity index (χ2n) is 4.29. The standard InChI is InChI=1S/C13H13F2N3O2/c1-7(5-6-16)11(12(17)19)18-13(20)8-3-2-4-9(14)10(8)15/h2-4,7,11H,5H2,1H3,(H2,17,19)(H,18,20)/t7-,11+/m0/s1. The molecule has 2 amide bonds. The summed E-state index contributed by atoms with van der Waals surface area (Å²) in [6, 6.07) is 3.84. The van der Waals surface area contributed by atoms with Gasteiger partial charge in [-0.15, -0.1) is 0 Å². The minimum Gasteiger partial charge on any atom is -0.368 e. The van der Waals surface area contributed by atoms with Crippen molar-refractivity contribution in [3.8, 4) is 6.07 Å². The number of rotatable bonds is 5. The molecule has 1 rings (SSSR count). The van der Waals surface area contributed by atoms with Crippen molar-refractivity contribution in [3.05, 3.63) is 35.4 Å². The lowest BCUT2D eigenvalue weighted by atomic mass is 9.98. The molecular formula is C13H13F2N3O2. The van der Waals surface area contributed by atoms with Gasteiger partial charge in [0.2, 0.25) is 5.91 Å². The molecule has 1 aromatic carbocycles. The Balaban J connectivity index is 2.95. The molecule has 0 saturated heterocycles. The zero-order chi connectivity index (χ0) is 15.3. The third kappa shape index (κ3) is 3.51. The first-order chi connectivity index (χ1) is 9.38. The highest BCUT2D eigenvalue weighted by Gasteiger charge is 2.26. The lowest BCUT2D eigenvalue weighted by molar-refractivity contribution is -0.120. The van der Waals surface area contributed by atoms with Crippen LogP contribution in [0.15, 0.2) is 18.2 Å². The Morgan fingerprint density at radius 1 is 1.45 bits per heavy atom. The van der Waals surface area contributed by atoms with E-state index in [1.165, 1.54) is 6.07 Å². The first-order valence-electron chi connectivity index (χ1n) is 5.79. The van der Waals surface area contributed by atoms with Crippen LogP contribution in [0.5, 0.6) is 0 Å². The second-order valence-corrected chi connectivity index (χ2v) is 4.29. The Bertz CT molecular complexity index is 569. The lowest BCUT2D eigenvalue weighted by Crippen LogP contribution is -2.48. The molecular weight excluding hydrogens is 268 g/mol. The zero-order valence-corrected chi connectivity index (χ0v) is 10.7. The van der Waals surface area contributed by atoms with Gasteiger partial charge in [-0.1, -0.05) is 13.0 Å². The summed E-state index contributed by atoms with van der Waals surface area (Å²) in [5.41, 5.74) is 4.60. The monoisotopic (exact) mass is 281 g/mol. The van der Waals surface area contributed by atoms with Crippen LogP contribution in [0.2, 0.25) is 0 Å². The highest BCUT2D eigenvalue weighted by atomic mass is 19.2. The molecule has 7 heteroatoms. The molecule has 0 saturated carbocycles. The van der Waals surface area contributed by atoms with E-state index >= 15 is 0 Å². The first kappa shape index (κ1) is 15.6. The highest BCUT2D eigenvalue weighted by Crippen LogP contribution is 2.13. The highest BCUT2D eigenvalue weighted by molar-refractivity contribution is 5.97. The number of hydrogen-bond acceptors (Lipinski definition) is 3. The van der Waals surface area contributed by atoms with E-state index in [9.17, 15) is 18.4 Å². The number of nitrogens with zero attached hydrogens (tertiary/aromatic N) is 1. The van der Waals surface area contributed by atoms with Crippen molar-refractivity contribution in [2.75, 3.05) is 0 Å². The largest absolute Gasteiger partial charge is 0.368 e. The van der Waals surface area contributed by atoms with Crippen molar-refractivity contribution in [2.24, 2.45) is 11.7 Å². The fourth-order valence-corrected chi connectivity index (χ4v) is 1.65. The number of primary amides is 1. The van der Waals surface area contributed by atoms with E-state index < -0.39 is 41.0 Å². The van der Waals surface area contributed by atoms with E-state index in [1.807, 2.05) is 6.07 Å². The van der Waals surface area contributed by atoms with Crippen molar-refractivity contribution in [1.29, 1.82) is 5.26 Å². The van der Waals surface area contributed by atoms with Crippen LogP contribution in [0.4, 0.5) is 8.78 Å². The van der Waals surface area contributed by atoms with Gasteiger partial charge in [0.1, 0.15) is 6.04 Å². The molecule has 1 aromatic rings. The van der Waals surface area contributed by atoms with Gasteiger partial charge in [0.05, 0.1) is 11.6 Å². The Labute approximate surface area is 114 Å². The van der Waals surface area contributed by atoms with Crippen LogP contribution in [0.1, 0.15) is 23.7 Å². The fraction of sp³-hybridized carbons (Fsp3) is 0.308. The fourth-order valence-electron chi connectivity index (χ4n) is 1.65. The van der Waals surface area contributed by atoms with Crippen LogP contribution >= 0.6 is 0 Å². The summed E-state index contributed by atoms with van der Waals surface area (Å²) in [5, 5.41) is 10.8. The van der Waals surface area contributed by atoms with Crippen molar-refractivity contribution < 1.29 is 18.4 Å². The molecule has 106 valence electrons. The molecule has 0 heterocycles. The second kappa shape index (κ2) is 6.61. The van der Waals surface area contributed by atoms with Gasteiger partial charge in [0, 0.05) is 6.42 Å². The summed E-state index contributed by atoms with van der Waals surface area (Å²) in [6.45, 7) is 1.54. The van der Waals surface area contributed by atoms with Crippen LogP contribution < -0.4 is 11.1 Å². The van der Waals surface area contributed by atoms with Crippen molar-refractivity contribution in [2.45, 2.75) is 19.4 Å². The molecule has 0 spiro atoms. The van der Waals surface area contributed by atoms with Crippen molar-refractivity contribution >= 4 is 11.8 Å². The Kier molecular flexibility index (Phi) is 5.15. The van der Waals surface area contributed by atoms with Gasteiger partial charge in [0.15, 0.2) is 11.6 Å². The van der Waals surface area contributed by atoms with Gasteiger partial charge in [-0.25, -0.2) is 8.78 Å². The van der Waals surface area contributed by atoms with Crippen LogP contribution in [0.25, 0.3) is 0 Å². The summed E-state index contributed by atoms with van der Waals surface area (Å²) in [7, 11) is 0. The predicted molar refractivity (Wildman–Crippen MR) is 66.2 cm³/mol. The zero-order valence-electron chi connectivity index (χ0n) is 10.7. The smallest absolute Gasteiger partial charge is 0.255 e. The summed E-state index contributed by atoms with van der Waals surface area (Å²) < 4.78 is 26.5. The van der Waals surface area contributed by atoms with Crippen molar-refractivity contribution in [1.82, 2.24) is 5.32 Å². The first-order valence-corrected chi connectivity index (χ1v) is 5.79. The van der Waals surface area contributed by atoms with Gasteiger partial charge >= 0.3 is 0 Å². The number of benzene rings is 1. The van der Waals surface area contributed by atoms with Gasteiger partial charge in [-0.05, 0) is 18.1 Å². The third-order valence-electron chi connectivity index (χ3n) is 2.77. The molecule has 0 radical (unpaired) electrons. The van der Waals surface area contributed by atoms with E-state index in [0.717, 1.165) is 12.1 Å². The number of carbonyl (C=O) groups excluding carboxylic acids is 2. The summed E-state index contributed by atoms with van der Waals surface area (Å²) in [4.78, 5) is 23.1. The van der Waals surface area contributed by atoms with Gasteiger partial charge in [-0.3, -0.25) is 9.59 Å². The molecule has 0 aromatic heterocycles. The number of halogens is 2. The average Bonchev–Trinajstić information content (AvgIpc) is 2.38. The number of carbonyl (C=O) groups is 2. The van der Waals surface area contributed by atoms with Crippen LogP contribution in [-0.4, -0.2) is 17.9 Å². The number of hydrogen-bond donors (Lipinski definition) is 2. The quantitative estimate of drug-likeness (QED) is 0.845. The van der Waals surface area contributed by atoms with E-state index in [4.69, 9.17) is 11.0 Å². The maximum Gasteiger partial charge on any atom is 0.255 e. The van der Waals surface area contributed by atoms with E-state index in [0.29, 0.717) is 0 Å². The maximum absolute atomic E-state index is 13.4. The third-order valence-corrected chi connectivity index (χ3v) is 2.77. The Morgan fingerprint density at radius 2 is 2.10 bits per heavy atom.